The molecule has 2 N–H and O–H groups in total. The molecule has 0 heterocycles. The van der Waals surface area contributed by atoms with E-state index in [2.05, 4.69) is 38.1 Å². The molecule has 66 valence electrons. The highest BCUT2D eigenvalue weighted by atomic mass is 14.6. The van der Waals surface area contributed by atoms with E-state index >= 15 is 0 Å². The zero-order valence-electron chi connectivity index (χ0n) is 8.04. The Morgan fingerprint density at radius 3 is 2.42 bits per heavy atom. The average molecular weight is 163 g/mol. The van der Waals surface area contributed by atoms with E-state index in [4.69, 9.17) is 5.73 Å². The molecule has 1 heteroatoms. The molecular weight excluding hydrogens is 146 g/mol. The number of hydrogen-bond donors (Lipinski definition) is 1. The van der Waals surface area contributed by atoms with Crippen LogP contribution in [0.1, 0.15) is 30.9 Å². The lowest BCUT2D eigenvalue weighted by Gasteiger charge is -2.16. The van der Waals surface area contributed by atoms with E-state index in [0.29, 0.717) is 5.92 Å². The fraction of sp³-hybridized carbons (Fsp3) is 0.455. The Bertz CT molecular complexity index is 253. The minimum Gasteiger partial charge on any atom is -0.327 e. The van der Waals surface area contributed by atoms with Gasteiger partial charge in [0.2, 0.25) is 0 Å². The van der Waals surface area contributed by atoms with E-state index in [1.165, 1.54) is 11.1 Å². The van der Waals surface area contributed by atoms with Gasteiger partial charge in [-0.2, -0.15) is 0 Å². The highest BCUT2D eigenvalue weighted by molar-refractivity contribution is 5.25. The lowest BCUT2D eigenvalue weighted by molar-refractivity contribution is 0.613. The Morgan fingerprint density at radius 2 is 1.92 bits per heavy atom. The molecule has 1 aromatic rings. The molecule has 0 saturated heterocycles. The van der Waals surface area contributed by atoms with Gasteiger partial charge in [0.25, 0.3) is 0 Å². The summed E-state index contributed by atoms with van der Waals surface area (Å²) in [5.74, 6) is 0.449. The number of nitrogens with two attached hydrogens (primary N) is 1. The molecule has 1 nitrogen and oxygen atoms in total. The molecule has 1 aromatic carbocycles. The van der Waals surface area contributed by atoms with Gasteiger partial charge >= 0.3 is 0 Å². The minimum absolute atomic E-state index is 0.229. The fourth-order valence-electron chi connectivity index (χ4n) is 1.26. The van der Waals surface area contributed by atoms with Crippen LogP contribution in [0.5, 0.6) is 0 Å². The molecule has 0 fully saturated rings. The summed E-state index contributed by atoms with van der Waals surface area (Å²) >= 11 is 0. The van der Waals surface area contributed by atoms with Crippen molar-refractivity contribution in [3.8, 4) is 0 Å². The van der Waals surface area contributed by atoms with Gasteiger partial charge in [-0.1, -0.05) is 36.8 Å². The Kier molecular flexibility index (Phi) is 2.88. The normalized spacial score (nSPS) is 15.7. The van der Waals surface area contributed by atoms with Crippen LogP contribution < -0.4 is 5.73 Å². The lowest BCUT2D eigenvalue weighted by atomic mass is 9.94. The third-order valence-electron chi connectivity index (χ3n) is 2.36. The van der Waals surface area contributed by atoms with Gasteiger partial charge in [0, 0.05) is 6.04 Å². The third kappa shape index (κ3) is 2.08. The highest BCUT2D eigenvalue weighted by Crippen LogP contribution is 2.18. The maximum atomic E-state index is 5.82. The Hall–Kier alpha value is -0.820. The molecule has 0 aromatic heterocycles. The molecule has 12 heavy (non-hydrogen) atoms. The van der Waals surface area contributed by atoms with E-state index in [1.807, 2.05) is 6.92 Å². The first-order chi connectivity index (χ1) is 5.61. The van der Waals surface area contributed by atoms with Crippen molar-refractivity contribution in [3.05, 3.63) is 35.4 Å². The van der Waals surface area contributed by atoms with Gasteiger partial charge in [0.15, 0.2) is 0 Å². The van der Waals surface area contributed by atoms with Crippen LogP contribution in [0.15, 0.2) is 24.3 Å². The first-order valence-corrected chi connectivity index (χ1v) is 4.43. The monoisotopic (exact) mass is 163 g/mol. The molecule has 0 saturated carbocycles. The fourth-order valence-corrected chi connectivity index (χ4v) is 1.26. The van der Waals surface area contributed by atoms with Crippen LogP contribution in [0.2, 0.25) is 0 Å². The van der Waals surface area contributed by atoms with E-state index in [0.717, 1.165) is 0 Å². The van der Waals surface area contributed by atoms with Crippen molar-refractivity contribution in [1.82, 2.24) is 0 Å². The summed E-state index contributed by atoms with van der Waals surface area (Å²) in [6.45, 7) is 6.32. The van der Waals surface area contributed by atoms with Crippen LogP contribution in [0.3, 0.4) is 0 Å². The van der Waals surface area contributed by atoms with Crippen molar-refractivity contribution in [1.29, 1.82) is 0 Å². The number of aryl methyl sites for hydroxylation is 1. The largest absolute Gasteiger partial charge is 0.327 e. The molecule has 0 aliphatic rings. The summed E-state index contributed by atoms with van der Waals surface area (Å²) in [6.07, 6.45) is 0. The van der Waals surface area contributed by atoms with Crippen molar-refractivity contribution in [3.63, 3.8) is 0 Å². The third-order valence-corrected chi connectivity index (χ3v) is 2.36. The van der Waals surface area contributed by atoms with Crippen LogP contribution in [-0.2, 0) is 0 Å². The van der Waals surface area contributed by atoms with Crippen molar-refractivity contribution < 1.29 is 0 Å². The second-order valence-corrected chi connectivity index (χ2v) is 3.56. The van der Waals surface area contributed by atoms with Crippen molar-refractivity contribution >= 4 is 0 Å². The van der Waals surface area contributed by atoms with Crippen molar-refractivity contribution in [2.24, 2.45) is 5.73 Å². The summed E-state index contributed by atoms with van der Waals surface area (Å²) in [5, 5.41) is 0. The summed E-state index contributed by atoms with van der Waals surface area (Å²) in [5.41, 5.74) is 8.46. The van der Waals surface area contributed by atoms with Gasteiger partial charge in [0.1, 0.15) is 0 Å². The zero-order chi connectivity index (χ0) is 9.14. The summed E-state index contributed by atoms with van der Waals surface area (Å²) < 4.78 is 0. The smallest absolute Gasteiger partial charge is 0.00766 e. The van der Waals surface area contributed by atoms with Crippen LogP contribution >= 0.6 is 0 Å². The van der Waals surface area contributed by atoms with Crippen LogP contribution in [0.25, 0.3) is 0 Å². The van der Waals surface area contributed by atoms with Crippen molar-refractivity contribution in [2.75, 3.05) is 0 Å². The Labute approximate surface area is 74.6 Å². The van der Waals surface area contributed by atoms with E-state index < -0.39 is 0 Å². The summed E-state index contributed by atoms with van der Waals surface area (Å²) in [6, 6.07) is 8.77. The zero-order valence-corrected chi connectivity index (χ0v) is 8.04. The molecular formula is C11H17N. The second kappa shape index (κ2) is 3.72. The molecule has 0 unspecified atom stereocenters. The topological polar surface area (TPSA) is 26.0 Å². The van der Waals surface area contributed by atoms with Crippen LogP contribution in [0.4, 0.5) is 0 Å². The van der Waals surface area contributed by atoms with E-state index in [1.54, 1.807) is 0 Å². The summed E-state index contributed by atoms with van der Waals surface area (Å²) in [4.78, 5) is 0. The minimum atomic E-state index is 0.229. The van der Waals surface area contributed by atoms with E-state index in [9.17, 15) is 0 Å². The Morgan fingerprint density at radius 1 is 1.25 bits per heavy atom. The quantitative estimate of drug-likeness (QED) is 0.712. The maximum absolute atomic E-state index is 5.82. The molecule has 2 atom stereocenters. The molecule has 0 aliphatic heterocycles. The number of benzene rings is 1. The highest BCUT2D eigenvalue weighted by Gasteiger charge is 2.09. The second-order valence-electron chi connectivity index (χ2n) is 3.56. The average Bonchev–Trinajstić information content (AvgIpc) is 2.03. The first-order valence-electron chi connectivity index (χ1n) is 4.43. The molecule has 0 amide bonds. The maximum Gasteiger partial charge on any atom is 0.00766 e. The first kappa shape index (κ1) is 9.27. The van der Waals surface area contributed by atoms with Crippen LogP contribution in [0, 0.1) is 6.92 Å². The molecule has 1 rings (SSSR count). The molecule has 0 radical (unpaired) electrons. The predicted molar refractivity (Wildman–Crippen MR) is 53.2 cm³/mol. The summed E-state index contributed by atoms with van der Waals surface area (Å²) in [7, 11) is 0. The predicted octanol–water partition coefficient (Wildman–Crippen LogP) is 2.45. The number of rotatable bonds is 2. The van der Waals surface area contributed by atoms with Gasteiger partial charge in [-0.05, 0) is 25.3 Å². The van der Waals surface area contributed by atoms with Crippen LogP contribution in [-0.4, -0.2) is 6.04 Å². The SMILES string of the molecule is Cc1cccc([C@H](C)[C@H](C)N)c1. The Balaban J connectivity index is 2.88. The van der Waals surface area contributed by atoms with Gasteiger partial charge in [0.05, 0.1) is 0 Å². The lowest BCUT2D eigenvalue weighted by Crippen LogP contribution is -2.22. The van der Waals surface area contributed by atoms with Gasteiger partial charge in [-0.25, -0.2) is 0 Å². The van der Waals surface area contributed by atoms with E-state index in [-0.39, 0.29) is 6.04 Å². The van der Waals surface area contributed by atoms with Gasteiger partial charge < -0.3 is 5.73 Å². The molecule has 0 bridgehead atoms. The molecule has 0 aliphatic carbocycles. The van der Waals surface area contributed by atoms with Crippen molar-refractivity contribution in [2.45, 2.75) is 32.7 Å². The van der Waals surface area contributed by atoms with Gasteiger partial charge in [-0.15, -0.1) is 0 Å². The number of hydrogen-bond acceptors (Lipinski definition) is 1. The molecule has 0 spiro atoms. The van der Waals surface area contributed by atoms with Gasteiger partial charge in [-0.3, -0.25) is 0 Å². The standard InChI is InChI=1S/C11H17N/c1-8-5-4-6-11(7-8)9(2)10(3)12/h4-7,9-10H,12H2,1-3H3/t9-,10+/m1/s1.